The number of aromatic hydroxyl groups is 4. The Morgan fingerprint density at radius 1 is 0.744 bits per heavy atom. The molecule has 0 bridgehead atoms. The van der Waals surface area contributed by atoms with E-state index in [9.17, 15) is 55.9 Å². The summed E-state index contributed by atoms with van der Waals surface area (Å²) >= 11 is 0. The van der Waals surface area contributed by atoms with E-state index in [1.54, 1.807) is 0 Å². The second-order valence-corrected chi connectivity index (χ2v) is 10.6. The molecule has 0 spiro atoms. The van der Waals surface area contributed by atoms with Gasteiger partial charge in [0, 0.05) is 12.1 Å². The van der Waals surface area contributed by atoms with Crippen molar-refractivity contribution in [2.45, 2.75) is 80.5 Å². The molecule has 0 saturated carbocycles. The second kappa shape index (κ2) is 12.0. The maximum Gasteiger partial charge on any atom is 0.203 e. The number of phenols is 4. The first-order valence-electron chi connectivity index (χ1n) is 13.2. The van der Waals surface area contributed by atoms with Gasteiger partial charge in [0.05, 0.1) is 12.7 Å². The molecule has 0 aliphatic carbocycles. The summed E-state index contributed by atoms with van der Waals surface area (Å²) in [5.74, 6) is -3.26. The van der Waals surface area contributed by atoms with Crippen molar-refractivity contribution in [1.82, 2.24) is 0 Å². The molecule has 16 nitrogen and oxygen atoms in total. The van der Waals surface area contributed by atoms with Gasteiger partial charge in [0.2, 0.25) is 5.78 Å². The molecule has 0 unspecified atom stereocenters. The molecule has 2 aromatic carbocycles. The van der Waals surface area contributed by atoms with Gasteiger partial charge >= 0.3 is 0 Å². The lowest BCUT2D eigenvalue weighted by atomic mass is 9.92. The highest BCUT2D eigenvalue weighted by atomic mass is 16.7. The molecule has 0 amide bonds. The van der Waals surface area contributed by atoms with Gasteiger partial charge in [-0.15, -0.1) is 0 Å². The number of aliphatic hydroxyl groups excluding tert-OH is 6. The fourth-order valence-electron chi connectivity index (χ4n) is 5.15. The highest BCUT2D eigenvalue weighted by Crippen LogP contribution is 2.44. The van der Waals surface area contributed by atoms with E-state index in [0.29, 0.717) is 0 Å². The Labute approximate surface area is 243 Å². The molecule has 0 aromatic heterocycles. The van der Waals surface area contributed by atoms with Crippen LogP contribution < -0.4 is 4.74 Å². The summed E-state index contributed by atoms with van der Waals surface area (Å²) in [5, 5.41) is 102. The SMILES string of the molecule is C[C@@H]1O[C@@H](OC[C@H]2O[C@@H](O[C@@H]3C(=O)c4c(O)cc(O)cc4O[C@H]3c3ccc(O)c(O)c3)[C@H](O)[C@@H](O)[C@@H]2O)[C@H](O)[C@H](O)[C@H]1O. The van der Waals surface area contributed by atoms with E-state index in [-0.39, 0.29) is 16.9 Å². The zero-order valence-corrected chi connectivity index (χ0v) is 22.4. The molecule has 5 rings (SSSR count). The van der Waals surface area contributed by atoms with Crippen molar-refractivity contribution in [3.63, 3.8) is 0 Å². The Morgan fingerprint density at radius 2 is 1.42 bits per heavy atom. The lowest BCUT2D eigenvalue weighted by molar-refractivity contribution is -0.333. The van der Waals surface area contributed by atoms with Crippen LogP contribution in [-0.4, -0.2) is 131 Å². The van der Waals surface area contributed by atoms with Crippen LogP contribution in [-0.2, 0) is 18.9 Å². The highest BCUT2D eigenvalue weighted by Gasteiger charge is 2.50. The lowest BCUT2D eigenvalue weighted by Crippen LogP contribution is -2.62. The first kappa shape index (κ1) is 31.1. The normalized spacial score (nSPS) is 37.9. The van der Waals surface area contributed by atoms with Crippen LogP contribution in [0.5, 0.6) is 28.7 Å². The number of phenolic OH excluding ortho intramolecular Hbond substituents is 4. The number of hydrogen-bond acceptors (Lipinski definition) is 16. The molecule has 12 atom stereocenters. The fraction of sp³-hybridized carbons (Fsp3) is 0.519. The molecular weight excluding hydrogens is 580 g/mol. The molecule has 3 aliphatic heterocycles. The molecule has 2 aromatic rings. The van der Waals surface area contributed by atoms with Crippen molar-refractivity contribution in [3.05, 3.63) is 41.5 Å². The Bertz CT molecular complexity index is 1340. The summed E-state index contributed by atoms with van der Waals surface area (Å²) < 4.78 is 28.1. The van der Waals surface area contributed by atoms with Gasteiger partial charge in [-0.05, 0) is 24.6 Å². The Morgan fingerprint density at radius 3 is 2.12 bits per heavy atom. The topological polar surface area (TPSA) is 266 Å². The largest absolute Gasteiger partial charge is 0.508 e. The number of ether oxygens (including phenoxy) is 5. The van der Waals surface area contributed by atoms with Crippen LogP contribution in [0.15, 0.2) is 30.3 Å². The molecule has 3 heterocycles. The number of benzene rings is 2. The van der Waals surface area contributed by atoms with Gasteiger partial charge in [-0.1, -0.05) is 6.07 Å². The van der Waals surface area contributed by atoms with Crippen LogP contribution in [0.1, 0.15) is 28.9 Å². The Balaban J connectivity index is 1.40. The number of rotatable bonds is 6. The van der Waals surface area contributed by atoms with Gasteiger partial charge in [0.15, 0.2) is 36.3 Å². The highest BCUT2D eigenvalue weighted by molar-refractivity contribution is 6.05. The standard InChI is InChI=1S/C27H32O16/c1-8-17(32)20(35)22(37)26(40-8)39-7-15-18(33)21(36)23(38)27(42-15)43-25-19(34)16-13(31)5-10(28)6-14(16)41-24(25)9-2-3-11(29)12(30)4-9/h2-6,8,15,17-18,20-33,35-38H,7H2,1H3/t8-,15+,17-,18+,20+,21-,22+,23+,24-,25+,26+,27-/m0/s1. The van der Waals surface area contributed by atoms with Crippen molar-refractivity contribution in [2.24, 2.45) is 0 Å². The molecule has 3 aliphatic rings. The quantitative estimate of drug-likeness (QED) is 0.156. The molecule has 43 heavy (non-hydrogen) atoms. The summed E-state index contributed by atoms with van der Waals surface area (Å²) in [5.41, 5.74) is -0.294. The smallest absolute Gasteiger partial charge is 0.203 e. The van der Waals surface area contributed by atoms with E-state index < -0.39 is 109 Å². The minimum Gasteiger partial charge on any atom is -0.508 e. The third-order valence-corrected chi connectivity index (χ3v) is 7.61. The minimum absolute atomic E-state index is 0.0891. The van der Waals surface area contributed by atoms with Crippen molar-refractivity contribution < 1.29 is 79.5 Å². The predicted octanol–water partition coefficient (Wildman–Crippen LogP) is -2.14. The zero-order valence-electron chi connectivity index (χ0n) is 22.4. The van der Waals surface area contributed by atoms with Gasteiger partial charge in [-0.2, -0.15) is 0 Å². The number of carbonyl (C=O) groups is 1. The van der Waals surface area contributed by atoms with E-state index >= 15 is 0 Å². The third kappa shape index (κ3) is 5.82. The van der Waals surface area contributed by atoms with Crippen molar-refractivity contribution in [3.8, 4) is 28.7 Å². The van der Waals surface area contributed by atoms with E-state index in [0.717, 1.165) is 24.3 Å². The zero-order chi connectivity index (χ0) is 31.3. The van der Waals surface area contributed by atoms with Crippen LogP contribution in [0, 0.1) is 0 Å². The van der Waals surface area contributed by atoms with Crippen LogP contribution >= 0.6 is 0 Å². The summed E-state index contributed by atoms with van der Waals surface area (Å²) in [6.07, 6.45) is -19.1. The van der Waals surface area contributed by atoms with Gasteiger partial charge < -0.3 is 74.7 Å². The van der Waals surface area contributed by atoms with Gasteiger partial charge in [0.1, 0.15) is 65.5 Å². The van der Waals surface area contributed by atoms with Crippen LogP contribution in [0.4, 0.5) is 0 Å². The van der Waals surface area contributed by atoms with Crippen molar-refractivity contribution in [2.75, 3.05) is 6.61 Å². The number of ketones is 1. The predicted molar refractivity (Wildman–Crippen MR) is 137 cm³/mol. The average Bonchev–Trinajstić information content (AvgIpc) is 2.96. The molecule has 10 N–H and O–H groups in total. The van der Waals surface area contributed by atoms with E-state index in [1.807, 2.05) is 0 Å². The first-order valence-corrected chi connectivity index (χ1v) is 13.2. The minimum atomic E-state index is -1.93. The molecular formula is C27H32O16. The Kier molecular flexibility index (Phi) is 8.70. The second-order valence-electron chi connectivity index (χ2n) is 10.6. The summed E-state index contributed by atoms with van der Waals surface area (Å²) in [7, 11) is 0. The maximum atomic E-state index is 13.6. The molecule has 2 saturated heterocycles. The van der Waals surface area contributed by atoms with Gasteiger partial charge in [-0.25, -0.2) is 0 Å². The average molecular weight is 613 g/mol. The lowest BCUT2D eigenvalue weighted by Gasteiger charge is -2.44. The number of hydrogen-bond donors (Lipinski definition) is 10. The van der Waals surface area contributed by atoms with Crippen LogP contribution in [0.2, 0.25) is 0 Å². The summed E-state index contributed by atoms with van der Waals surface area (Å²) in [4.78, 5) is 13.6. The van der Waals surface area contributed by atoms with E-state index in [2.05, 4.69) is 0 Å². The Hall–Kier alpha value is -3.29. The number of fused-ring (bicyclic) bond motifs is 1. The molecule has 0 radical (unpaired) electrons. The van der Waals surface area contributed by atoms with Crippen molar-refractivity contribution >= 4 is 5.78 Å². The molecule has 16 heteroatoms. The fourth-order valence-corrected chi connectivity index (χ4v) is 5.15. The summed E-state index contributed by atoms with van der Waals surface area (Å²) in [6.45, 7) is 0.840. The van der Waals surface area contributed by atoms with Crippen LogP contribution in [0.3, 0.4) is 0 Å². The molecule has 236 valence electrons. The summed E-state index contributed by atoms with van der Waals surface area (Å²) in [6, 6.07) is 5.44. The number of Topliss-reactive ketones (excluding diaryl/α,β-unsaturated/α-hetero) is 1. The monoisotopic (exact) mass is 612 g/mol. The van der Waals surface area contributed by atoms with Gasteiger partial charge in [-0.3, -0.25) is 4.79 Å². The maximum absolute atomic E-state index is 13.6. The van der Waals surface area contributed by atoms with Gasteiger partial charge in [0.25, 0.3) is 0 Å². The first-order chi connectivity index (χ1) is 20.3. The van der Waals surface area contributed by atoms with E-state index in [1.165, 1.54) is 13.0 Å². The number of carbonyl (C=O) groups excluding carboxylic acids is 1. The van der Waals surface area contributed by atoms with Crippen molar-refractivity contribution in [1.29, 1.82) is 0 Å². The molecule has 2 fully saturated rings. The third-order valence-electron chi connectivity index (χ3n) is 7.61. The number of aliphatic hydroxyl groups is 6. The van der Waals surface area contributed by atoms with E-state index in [4.69, 9.17) is 23.7 Å². The van der Waals surface area contributed by atoms with Crippen LogP contribution in [0.25, 0.3) is 0 Å².